The number of benzene rings is 1. The van der Waals surface area contributed by atoms with E-state index in [1.165, 1.54) is 19.2 Å². The van der Waals surface area contributed by atoms with E-state index in [1.54, 1.807) is 6.07 Å². The highest BCUT2D eigenvalue weighted by atomic mass is 79.9. The van der Waals surface area contributed by atoms with Crippen LogP contribution in [0.25, 0.3) is 5.69 Å². The van der Waals surface area contributed by atoms with Gasteiger partial charge >= 0.3 is 11.7 Å². The van der Waals surface area contributed by atoms with Crippen molar-refractivity contribution in [2.24, 2.45) is 0 Å². The van der Waals surface area contributed by atoms with Crippen LogP contribution in [0.15, 0.2) is 33.8 Å². The first-order chi connectivity index (χ1) is 9.02. The van der Waals surface area contributed by atoms with E-state index < -0.39 is 17.5 Å². The van der Waals surface area contributed by atoms with Crippen LogP contribution in [-0.4, -0.2) is 27.4 Å². The third-order valence-electron chi connectivity index (χ3n) is 2.41. The van der Waals surface area contributed by atoms with Crippen LogP contribution in [-0.2, 0) is 16.1 Å². The minimum atomic E-state index is -0.619. The van der Waals surface area contributed by atoms with Gasteiger partial charge in [0.25, 0.3) is 0 Å². The summed E-state index contributed by atoms with van der Waals surface area (Å²) in [6, 6.07) is 4.27. The molecule has 0 saturated carbocycles. The smallest absolute Gasteiger partial charge is 0.351 e. The zero-order valence-electron chi connectivity index (χ0n) is 9.84. The van der Waals surface area contributed by atoms with Crippen molar-refractivity contribution in [2.45, 2.75) is 6.54 Å². The van der Waals surface area contributed by atoms with Gasteiger partial charge in [-0.1, -0.05) is 15.9 Å². The van der Waals surface area contributed by atoms with Crippen LogP contribution in [0.3, 0.4) is 0 Å². The molecule has 0 N–H and O–H groups in total. The Morgan fingerprint density at radius 1 is 1.53 bits per heavy atom. The minimum absolute atomic E-state index is 0.0596. The molecule has 0 aliphatic rings. The zero-order chi connectivity index (χ0) is 14.0. The van der Waals surface area contributed by atoms with Gasteiger partial charge in [-0.3, -0.25) is 4.79 Å². The maximum Gasteiger partial charge on any atom is 0.351 e. The number of ether oxygens (including phenoxy) is 1. The lowest BCUT2D eigenvalue weighted by atomic mass is 10.3. The van der Waals surface area contributed by atoms with Crippen molar-refractivity contribution in [1.82, 2.24) is 14.3 Å². The third-order valence-corrected chi connectivity index (χ3v) is 2.90. The molecule has 0 amide bonds. The minimum Gasteiger partial charge on any atom is -0.468 e. The van der Waals surface area contributed by atoms with E-state index in [9.17, 15) is 14.0 Å². The molecule has 0 aliphatic heterocycles. The lowest BCUT2D eigenvalue weighted by Gasteiger charge is -2.02. The highest BCUT2D eigenvalue weighted by Gasteiger charge is 2.13. The highest BCUT2D eigenvalue weighted by molar-refractivity contribution is 9.10. The van der Waals surface area contributed by atoms with Crippen molar-refractivity contribution in [2.75, 3.05) is 7.11 Å². The Kier molecular flexibility index (Phi) is 3.79. The van der Waals surface area contributed by atoms with Crippen LogP contribution in [0.2, 0.25) is 0 Å². The van der Waals surface area contributed by atoms with Gasteiger partial charge in [0.05, 0.1) is 12.8 Å². The molecule has 1 aromatic heterocycles. The summed E-state index contributed by atoms with van der Waals surface area (Å²) in [6.45, 7) is -0.319. The number of nitrogens with zero attached hydrogens (tertiary/aromatic N) is 3. The van der Waals surface area contributed by atoms with Gasteiger partial charge in [-0.2, -0.15) is 5.10 Å². The summed E-state index contributed by atoms with van der Waals surface area (Å²) in [5, 5.41) is 3.73. The molecule has 0 fully saturated rings. The summed E-state index contributed by atoms with van der Waals surface area (Å²) in [5.74, 6) is -1.18. The van der Waals surface area contributed by atoms with Gasteiger partial charge in [0.15, 0.2) is 0 Å². The van der Waals surface area contributed by atoms with Gasteiger partial charge in [0, 0.05) is 4.47 Å². The highest BCUT2D eigenvalue weighted by Crippen LogP contribution is 2.17. The van der Waals surface area contributed by atoms with Gasteiger partial charge in [-0.15, -0.1) is 0 Å². The normalized spacial score (nSPS) is 10.5. The maximum atomic E-state index is 13.7. The number of halogens is 2. The Labute approximate surface area is 115 Å². The number of aromatic nitrogens is 3. The molecule has 2 rings (SSSR count). The van der Waals surface area contributed by atoms with Crippen molar-refractivity contribution in [3.8, 4) is 5.69 Å². The molecule has 0 spiro atoms. The van der Waals surface area contributed by atoms with E-state index in [0.29, 0.717) is 4.47 Å². The van der Waals surface area contributed by atoms with Crippen molar-refractivity contribution in [1.29, 1.82) is 0 Å². The van der Waals surface area contributed by atoms with E-state index >= 15 is 0 Å². The summed E-state index contributed by atoms with van der Waals surface area (Å²) >= 11 is 3.13. The van der Waals surface area contributed by atoms with Gasteiger partial charge in [0.2, 0.25) is 0 Å². The Morgan fingerprint density at radius 2 is 2.26 bits per heavy atom. The Morgan fingerprint density at radius 3 is 2.89 bits per heavy atom. The first kappa shape index (κ1) is 13.5. The fraction of sp³-hybridized carbons (Fsp3) is 0.182. The van der Waals surface area contributed by atoms with E-state index in [4.69, 9.17) is 0 Å². The predicted octanol–water partition coefficient (Wildman–Crippen LogP) is 1.11. The summed E-state index contributed by atoms with van der Waals surface area (Å²) in [7, 11) is 1.21. The average Bonchev–Trinajstić information content (AvgIpc) is 2.71. The fourth-order valence-corrected chi connectivity index (χ4v) is 1.81. The number of carbonyl (C=O) groups is 1. The molecule has 0 radical (unpaired) electrons. The fourth-order valence-electron chi connectivity index (χ4n) is 1.47. The summed E-state index contributed by atoms with van der Waals surface area (Å²) in [5.41, 5.74) is -0.559. The molecule has 0 bridgehead atoms. The molecule has 0 aliphatic carbocycles. The molecule has 19 heavy (non-hydrogen) atoms. The van der Waals surface area contributed by atoms with Crippen molar-refractivity contribution < 1.29 is 13.9 Å². The summed E-state index contributed by atoms with van der Waals surface area (Å²) in [6.07, 6.45) is 1.15. The first-order valence-corrected chi connectivity index (χ1v) is 5.99. The monoisotopic (exact) mass is 329 g/mol. The third kappa shape index (κ3) is 2.73. The number of hydrogen-bond donors (Lipinski definition) is 0. The van der Waals surface area contributed by atoms with E-state index in [2.05, 4.69) is 25.8 Å². The van der Waals surface area contributed by atoms with E-state index in [0.717, 1.165) is 15.6 Å². The maximum absolute atomic E-state index is 13.7. The van der Waals surface area contributed by atoms with Crippen LogP contribution in [0, 0.1) is 5.82 Å². The lowest BCUT2D eigenvalue weighted by molar-refractivity contribution is -0.141. The molecule has 8 heteroatoms. The van der Waals surface area contributed by atoms with Crippen LogP contribution in [0.4, 0.5) is 4.39 Å². The second kappa shape index (κ2) is 5.35. The molecule has 1 heterocycles. The molecule has 1 aromatic carbocycles. The number of methoxy groups -OCH3 is 1. The standard InChI is InChI=1S/C11H9BrFN3O3/c1-19-10(17)5-16-11(18)15(6-14-16)9-3-2-7(12)4-8(9)13/h2-4,6H,5H2,1H3. The van der Waals surface area contributed by atoms with Crippen LogP contribution < -0.4 is 5.69 Å². The second-order valence-electron chi connectivity index (χ2n) is 3.61. The zero-order valence-corrected chi connectivity index (χ0v) is 11.4. The van der Waals surface area contributed by atoms with Gasteiger partial charge < -0.3 is 4.74 Å². The van der Waals surface area contributed by atoms with Crippen LogP contribution in [0.1, 0.15) is 0 Å². The SMILES string of the molecule is COC(=O)Cn1ncn(-c2ccc(Br)cc2F)c1=O. The van der Waals surface area contributed by atoms with Gasteiger partial charge in [-0.05, 0) is 18.2 Å². The Balaban J connectivity index is 2.42. The number of hydrogen-bond acceptors (Lipinski definition) is 4. The Bertz CT molecular complexity index is 680. The predicted molar refractivity (Wildman–Crippen MR) is 67.5 cm³/mol. The van der Waals surface area contributed by atoms with Crippen molar-refractivity contribution in [3.05, 3.63) is 45.3 Å². The number of carbonyl (C=O) groups excluding carboxylic acids is 1. The summed E-state index contributed by atoms with van der Waals surface area (Å²) in [4.78, 5) is 23.0. The van der Waals surface area contributed by atoms with Gasteiger partial charge in [-0.25, -0.2) is 18.4 Å². The van der Waals surface area contributed by atoms with E-state index in [-0.39, 0.29) is 12.2 Å². The molecule has 0 atom stereocenters. The van der Waals surface area contributed by atoms with E-state index in [1.807, 2.05) is 0 Å². The molecule has 0 saturated heterocycles. The second-order valence-corrected chi connectivity index (χ2v) is 4.53. The molecule has 100 valence electrons. The first-order valence-electron chi connectivity index (χ1n) is 5.19. The molecular formula is C11H9BrFN3O3. The lowest BCUT2D eigenvalue weighted by Crippen LogP contribution is -2.27. The average molecular weight is 330 g/mol. The Hall–Kier alpha value is -1.96. The van der Waals surface area contributed by atoms with Crippen molar-refractivity contribution >= 4 is 21.9 Å². The molecule has 0 unspecified atom stereocenters. The van der Waals surface area contributed by atoms with Crippen molar-refractivity contribution in [3.63, 3.8) is 0 Å². The molecular weight excluding hydrogens is 321 g/mol. The van der Waals surface area contributed by atoms with Crippen LogP contribution >= 0.6 is 15.9 Å². The van der Waals surface area contributed by atoms with Gasteiger partial charge in [0.1, 0.15) is 18.7 Å². The molecule has 6 nitrogen and oxygen atoms in total. The number of rotatable bonds is 3. The topological polar surface area (TPSA) is 66.1 Å². The molecule has 2 aromatic rings. The summed E-state index contributed by atoms with van der Waals surface area (Å²) < 4.78 is 20.6. The number of esters is 1. The van der Waals surface area contributed by atoms with Crippen LogP contribution in [0.5, 0.6) is 0 Å². The quantitative estimate of drug-likeness (QED) is 0.791. The largest absolute Gasteiger partial charge is 0.468 e.